The van der Waals surface area contributed by atoms with Crippen LogP contribution in [0.15, 0.2) is 97.6 Å². The smallest absolute Gasteiger partial charge is 0.469 e. The minimum absolute atomic E-state index is 0. The molecule has 4 rings (SSSR count). The predicted molar refractivity (Wildman–Crippen MR) is 179 cm³/mol. The Morgan fingerprint density at radius 1 is 0.509 bits per heavy atom. The summed E-state index contributed by atoms with van der Waals surface area (Å²) in [5, 5.41) is 0. The molecule has 4 heterocycles. The van der Waals surface area contributed by atoms with Gasteiger partial charge in [-0.15, -0.1) is 0 Å². The van der Waals surface area contributed by atoms with Gasteiger partial charge in [-0.1, -0.05) is 24.3 Å². The number of esters is 2. The molecular formula is C32H38B2CoF8N6O4. The maximum absolute atomic E-state index is 11.3. The Balaban J connectivity index is 0.000000802. The number of carbonyl (C=O) groups excluding carboxylic acids is 2. The fourth-order valence-electron chi connectivity index (χ4n) is 4.01. The van der Waals surface area contributed by atoms with Crippen molar-refractivity contribution in [1.82, 2.24) is 29.7 Å². The Hall–Kier alpha value is -4.46. The van der Waals surface area contributed by atoms with Crippen LogP contribution in [0.1, 0.15) is 35.6 Å². The number of carbonyl (C=O) groups is 2. The first-order valence-electron chi connectivity index (χ1n) is 15.5. The summed E-state index contributed by atoms with van der Waals surface area (Å²) in [5.41, 5.74) is 3.88. The van der Waals surface area contributed by atoms with Crippen molar-refractivity contribution in [3.05, 3.63) is 120 Å². The summed E-state index contributed by atoms with van der Waals surface area (Å²) in [6, 6.07) is 23.3. The molecule has 0 aliphatic carbocycles. The number of pyridine rings is 4. The van der Waals surface area contributed by atoms with Gasteiger partial charge >= 0.3 is 43.2 Å². The van der Waals surface area contributed by atoms with E-state index in [1.165, 1.54) is 14.2 Å². The third kappa shape index (κ3) is 29.8. The molecule has 0 amide bonds. The van der Waals surface area contributed by atoms with E-state index in [1.807, 2.05) is 72.8 Å². The zero-order chi connectivity index (χ0) is 38.8. The molecule has 0 aliphatic rings. The maximum atomic E-state index is 11.3. The summed E-state index contributed by atoms with van der Waals surface area (Å²) >= 11 is 0. The van der Waals surface area contributed by atoms with Gasteiger partial charge in [0.25, 0.3) is 0 Å². The first-order valence-corrected chi connectivity index (χ1v) is 15.5. The van der Waals surface area contributed by atoms with Gasteiger partial charge in [0.1, 0.15) is 0 Å². The van der Waals surface area contributed by atoms with Crippen LogP contribution in [-0.2, 0) is 62.0 Å². The molecule has 0 aromatic carbocycles. The van der Waals surface area contributed by atoms with Gasteiger partial charge in [0.05, 0.1) is 49.8 Å². The molecule has 53 heavy (non-hydrogen) atoms. The number of ether oxygens (including phenoxy) is 2. The molecule has 0 saturated heterocycles. The number of methoxy groups -OCH3 is 2. The van der Waals surface area contributed by atoms with E-state index in [1.54, 1.807) is 24.8 Å². The second-order valence-electron chi connectivity index (χ2n) is 10.3. The number of hydrogen-bond donors (Lipinski definition) is 0. The Bertz CT molecular complexity index is 1320. The Kier molecular flexibility index (Phi) is 24.9. The number of aromatic nitrogens is 4. The summed E-state index contributed by atoms with van der Waals surface area (Å²) in [5.74, 6) is -0.413. The molecule has 1 radical (unpaired) electrons. The van der Waals surface area contributed by atoms with E-state index in [2.05, 4.69) is 29.7 Å². The van der Waals surface area contributed by atoms with E-state index in [0.29, 0.717) is 52.1 Å². The van der Waals surface area contributed by atoms with E-state index < -0.39 is 14.5 Å². The van der Waals surface area contributed by atoms with Gasteiger partial charge in [-0.2, -0.15) is 0 Å². The average molecular weight is 803 g/mol. The van der Waals surface area contributed by atoms with E-state index >= 15 is 0 Å². The summed E-state index contributed by atoms with van der Waals surface area (Å²) in [7, 11) is -9.19. The first-order chi connectivity index (χ1) is 24.6. The summed E-state index contributed by atoms with van der Waals surface area (Å²) in [6.45, 7) is 3.92. The van der Waals surface area contributed by atoms with Gasteiger partial charge in [-0.05, 0) is 48.5 Å². The van der Waals surface area contributed by atoms with Crippen molar-refractivity contribution in [1.29, 1.82) is 0 Å². The average Bonchev–Trinajstić information content (AvgIpc) is 3.10. The molecule has 0 fully saturated rings. The SMILES string of the molecule is COC(=O)CCN(Cc1ccccn1)Cc1ccccn1.COC(=O)CCN(Cc1ccccn1)Cc1ccccn1.F[B-](F)(F)F.F[B-](F)(F)F.[Co+2]. The zero-order valence-corrected chi connectivity index (χ0v) is 29.8. The molecule has 0 bridgehead atoms. The predicted octanol–water partition coefficient (Wildman–Crippen LogP) is 6.68. The second-order valence-corrected chi connectivity index (χ2v) is 10.3. The van der Waals surface area contributed by atoms with Crippen LogP contribution in [0.3, 0.4) is 0 Å². The van der Waals surface area contributed by atoms with E-state index in [4.69, 9.17) is 9.47 Å². The Morgan fingerprint density at radius 2 is 0.736 bits per heavy atom. The largest absolute Gasteiger partial charge is 2.00 e. The second kappa shape index (κ2) is 27.2. The van der Waals surface area contributed by atoms with E-state index in [-0.39, 0.29) is 28.7 Å². The van der Waals surface area contributed by atoms with Crippen LogP contribution in [0, 0.1) is 0 Å². The summed E-state index contributed by atoms with van der Waals surface area (Å²) in [4.78, 5) is 44.3. The fourth-order valence-corrected chi connectivity index (χ4v) is 4.01. The zero-order valence-electron chi connectivity index (χ0n) is 28.7. The van der Waals surface area contributed by atoms with Crippen LogP contribution in [0.2, 0.25) is 0 Å². The topological polar surface area (TPSA) is 111 Å². The van der Waals surface area contributed by atoms with Gasteiger partial charge in [0.15, 0.2) is 0 Å². The third-order valence-corrected chi connectivity index (χ3v) is 6.17. The van der Waals surface area contributed by atoms with Crippen molar-refractivity contribution >= 4 is 26.4 Å². The standard InChI is InChI=1S/2C16H19N3O2.2BF4.Co/c2*1-21-16(20)8-11-19(12-14-6-2-4-9-17-14)13-15-7-3-5-10-18-15;2*2-1(3,4)5;/h2*2-7,9-10H,8,11-13H2,1H3;;;/q;;2*-1;+2. The monoisotopic (exact) mass is 803 g/mol. The molecule has 4 aromatic rings. The van der Waals surface area contributed by atoms with Gasteiger partial charge in [-0.3, -0.25) is 39.3 Å². The van der Waals surface area contributed by atoms with Gasteiger partial charge in [0, 0.05) is 64.1 Å². The van der Waals surface area contributed by atoms with E-state index in [9.17, 15) is 44.1 Å². The maximum Gasteiger partial charge on any atom is 2.00 e. The molecule has 0 spiro atoms. The Morgan fingerprint density at radius 3 is 0.906 bits per heavy atom. The number of nitrogens with zero attached hydrogens (tertiary/aromatic N) is 6. The first kappa shape index (κ1) is 48.5. The van der Waals surface area contributed by atoms with Crippen LogP contribution < -0.4 is 0 Å². The fraction of sp³-hybridized carbons (Fsp3) is 0.312. The molecule has 0 atom stereocenters. The molecule has 21 heteroatoms. The van der Waals surface area contributed by atoms with Crippen LogP contribution in [-0.4, -0.2) is 83.5 Å². The Labute approximate surface area is 312 Å². The summed E-state index contributed by atoms with van der Waals surface area (Å²) < 4.78 is 87.4. The number of hydrogen-bond acceptors (Lipinski definition) is 10. The minimum atomic E-state index is -6.00. The van der Waals surface area contributed by atoms with Crippen molar-refractivity contribution in [2.45, 2.75) is 39.0 Å². The van der Waals surface area contributed by atoms with Gasteiger partial charge in [-0.25, -0.2) is 0 Å². The summed E-state index contributed by atoms with van der Waals surface area (Å²) in [6.07, 6.45) is 7.80. The normalized spacial score (nSPS) is 10.6. The molecule has 0 saturated carbocycles. The van der Waals surface area contributed by atoms with Gasteiger partial charge in [0.2, 0.25) is 0 Å². The van der Waals surface area contributed by atoms with Crippen LogP contribution in [0.5, 0.6) is 0 Å². The van der Waals surface area contributed by atoms with Crippen molar-refractivity contribution in [3.63, 3.8) is 0 Å². The molecule has 4 aromatic heterocycles. The van der Waals surface area contributed by atoms with Crippen molar-refractivity contribution in [2.24, 2.45) is 0 Å². The van der Waals surface area contributed by atoms with Gasteiger partial charge < -0.3 is 44.0 Å². The van der Waals surface area contributed by atoms with Crippen LogP contribution >= 0.6 is 0 Å². The van der Waals surface area contributed by atoms with Crippen LogP contribution in [0.4, 0.5) is 34.5 Å². The molecule has 0 unspecified atom stereocenters. The van der Waals surface area contributed by atoms with Crippen molar-refractivity contribution < 1.29 is 70.4 Å². The molecule has 0 aliphatic heterocycles. The van der Waals surface area contributed by atoms with Crippen molar-refractivity contribution in [3.8, 4) is 0 Å². The molecule has 291 valence electrons. The van der Waals surface area contributed by atoms with Crippen molar-refractivity contribution in [2.75, 3.05) is 27.3 Å². The molecular weight excluding hydrogens is 765 g/mol. The van der Waals surface area contributed by atoms with E-state index in [0.717, 1.165) is 22.8 Å². The molecule has 10 nitrogen and oxygen atoms in total. The quantitative estimate of drug-likeness (QED) is 0.0778. The number of halogens is 8. The van der Waals surface area contributed by atoms with Crippen LogP contribution in [0.25, 0.3) is 0 Å². The minimum Gasteiger partial charge on any atom is -0.469 e. The number of rotatable bonds is 14. The third-order valence-electron chi connectivity index (χ3n) is 6.17. The molecule has 0 N–H and O–H groups in total.